The highest BCUT2D eigenvalue weighted by Crippen LogP contribution is 2.26. The molecule has 0 unspecified atom stereocenters. The van der Waals surface area contributed by atoms with Gasteiger partial charge in [0.2, 0.25) is 0 Å². The van der Waals surface area contributed by atoms with E-state index in [0.717, 1.165) is 50.6 Å². The van der Waals surface area contributed by atoms with E-state index in [4.69, 9.17) is 9.47 Å². The topological polar surface area (TPSA) is 46.4 Å². The number of nitrogens with zero attached hydrogens (tertiary/aromatic N) is 1. The molecule has 150 valence electrons. The second kappa shape index (κ2) is 8.84. The van der Waals surface area contributed by atoms with Crippen molar-refractivity contribution in [3.63, 3.8) is 0 Å². The Morgan fingerprint density at radius 2 is 1.71 bits per heavy atom. The molecule has 0 saturated carbocycles. The van der Waals surface area contributed by atoms with Crippen molar-refractivity contribution in [3.05, 3.63) is 53.6 Å². The summed E-state index contributed by atoms with van der Waals surface area (Å²) in [5.74, 6) is 1.78. The van der Waals surface area contributed by atoms with Crippen LogP contribution in [0.5, 0.6) is 11.5 Å². The van der Waals surface area contributed by atoms with Gasteiger partial charge in [-0.05, 0) is 66.8 Å². The molecule has 2 aliphatic rings. The molecule has 1 atom stereocenters. The van der Waals surface area contributed by atoms with Crippen LogP contribution in [-0.4, -0.2) is 57.7 Å². The Bertz CT molecular complexity index is 770. The van der Waals surface area contributed by atoms with Crippen molar-refractivity contribution in [2.45, 2.75) is 25.4 Å². The summed E-state index contributed by atoms with van der Waals surface area (Å²) in [6, 6.07) is 14.6. The van der Waals surface area contributed by atoms with Gasteiger partial charge in [0.15, 0.2) is 0 Å². The van der Waals surface area contributed by atoms with Gasteiger partial charge in [0.25, 0.3) is 0 Å². The Morgan fingerprint density at radius 1 is 1.00 bits per heavy atom. The van der Waals surface area contributed by atoms with E-state index in [1.807, 2.05) is 18.2 Å². The first-order valence-electron chi connectivity index (χ1n) is 10.4. The highest BCUT2D eigenvalue weighted by atomic mass is 16.5. The molecular formula is C23H31N2O3+. The third-order valence-corrected chi connectivity index (χ3v) is 5.94. The molecule has 1 aliphatic carbocycles. The molecule has 2 N–H and O–H groups in total. The molecule has 0 radical (unpaired) electrons. The van der Waals surface area contributed by atoms with E-state index in [1.54, 1.807) is 7.11 Å². The van der Waals surface area contributed by atoms with Gasteiger partial charge in [0.05, 0.1) is 33.3 Å². The second-order valence-corrected chi connectivity index (χ2v) is 7.89. The highest BCUT2D eigenvalue weighted by Gasteiger charge is 2.23. The standard InChI is InChI=1S/C23H30N2O3/c1-27-22-9-6-20(7-10-22)25-13-11-24(12-14-25)16-21(26)17-28-23-8-5-18-3-2-4-19(18)15-23/h5-10,15,21,26H,2-4,11-14,16-17H2,1H3/p+1/t21-/m0/s1. The van der Waals surface area contributed by atoms with E-state index in [2.05, 4.69) is 29.2 Å². The zero-order chi connectivity index (χ0) is 19.3. The zero-order valence-electron chi connectivity index (χ0n) is 16.7. The number of hydrogen-bond donors (Lipinski definition) is 2. The van der Waals surface area contributed by atoms with Gasteiger partial charge in [-0.3, -0.25) is 0 Å². The van der Waals surface area contributed by atoms with E-state index in [0.29, 0.717) is 6.61 Å². The maximum atomic E-state index is 10.4. The Labute approximate surface area is 167 Å². The Morgan fingerprint density at radius 3 is 2.46 bits per heavy atom. The van der Waals surface area contributed by atoms with Gasteiger partial charge in [-0.1, -0.05) is 6.07 Å². The van der Waals surface area contributed by atoms with Gasteiger partial charge < -0.3 is 24.4 Å². The number of aryl methyl sites for hydroxylation is 2. The summed E-state index contributed by atoms with van der Waals surface area (Å²) in [5.41, 5.74) is 4.10. The van der Waals surface area contributed by atoms with Crippen LogP contribution in [0.1, 0.15) is 17.5 Å². The number of hydrogen-bond acceptors (Lipinski definition) is 4. The fourth-order valence-corrected chi connectivity index (χ4v) is 4.30. The number of aliphatic hydroxyl groups excluding tert-OH is 1. The van der Waals surface area contributed by atoms with E-state index in [1.165, 1.54) is 34.6 Å². The Hall–Kier alpha value is -2.24. The number of fused-ring (bicyclic) bond motifs is 1. The van der Waals surface area contributed by atoms with Crippen LogP contribution in [0.3, 0.4) is 0 Å². The van der Waals surface area contributed by atoms with Crippen LogP contribution in [0.15, 0.2) is 42.5 Å². The lowest BCUT2D eigenvalue weighted by molar-refractivity contribution is -0.903. The number of aliphatic hydroxyl groups is 1. The first kappa shape index (κ1) is 19.1. The number of nitrogens with one attached hydrogen (secondary N) is 1. The second-order valence-electron chi connectivity index (χ2n) is 7.89. The van der Waals surface area contributed by atoms with Crippen LogP contribution in [0, 0.1) is 0 Å². The van der Waals surface area contributed by atoms with Gasteiger partial charge in [-0.2, -0.15) is 0 Å². The Kier molecular flexibility index (Phi) is 6.03. The molecule has 5 nitrogen and oxygen atoms in total. The normalized spacial score (nSPS) is 18.0. The van der Waals surface area contributed by atoms with Gasteiger partial charge in [0, 0.05) is 5.69 Å². The molecule has 5 heteroatoms. The molecule has 1 aliphatic heterocycles. The number of ether oxygens (including phenoxy) is 2. The van der Waals surface area contributed by atoms with Crippen LogP contribution < -0.4 is 19.3 Å². The van der Waals surface area contributed by atoms with Crippen molar-refractivity contribution < 1.29 is 19.5 Å². The molecule has 1 fully saturated rings. The number of piperazine rings is 1. The summed E-state index contributed by atoms with van der Waals surface area (Å²) < 4.78 is 11.1. The number of anilines is 1. The fourth-order valence-electron chi connectivity index (χ4n) is 4.30. The van der Waals surface area contributed by atoms with Crippen molar-refractivity contribution in [1.82, 2.24) is 0 Å². The Balaban J connectivity index is 1.21. The lowest BCUT2D eigenvalue weighted by atomic mass is 10.1. The molecule has 1 saturated heterocycles. The fraction of sp³-hybridized carbons (Fsp3) is 0.478. The van der Waals surface area contributed by atoms with Crippen LogP contribution in [-0.2, 0) is 12.8 Å². The molecule has 0 aromatic heterocycles. The third-order valence-electron chi connectivity index (χ3n) is 5.94. The molecule has 28 heavy (non-hydrogen) atoms. The lowest BCUT2D eigenvalue weighted by Gasteiger charge is -2.34. The van der Waals surface area contributed by atoms with Crippen molar-refractivity contribution in [1.29, 1.82) is 0 Å². The quantitative estimate of drug-likeness (QED) is 0.757. The van der Waals surface area contributed by atoms with Crippen molar-refractivity contribution in [3.8, 4) is 11.5 Å². The highest BCUT2D eigenvalue weighted by molar-refractivity contribution is 5.49. The van der Waals surface area contributed by atoms with E-state index in [9.17, 15) is 5.11 Å². The van der Waals surface area contributed by atoms with Crippen LogP contribution in [0.4, 0.5) is 5.69 Å². The summed E-state index contributed by atoms with van der Waals surface area (Å²) in [7, 11) is 1.69. The summed E-state index contributed by atoms with van der Waals surface area (Å²) in [6.07, 6.45) is 3.14. The van der Waals surface area contributed by atoms with Crippen molar-refractivity contribution in [2.24, 2.45) is 0 Å². The molecule has 1 heterocycles. The smallest absolute Gasteiger partial charge is 0.137 e. The van der Waals surface area contributed by atoms with Crippen LogP contribution in [0.2, 0.25) is 0 Å². The van der Waals surface area contributed by atoms with E-state index >= 15 is 0 Å². The number of quaternary nitrogens is 1. The third kappa shape index (κ3) is 4.59. The minimum absolute atomic E-state index is 0.366. The summed E-state index contributed by atoms with van der Waals surface area (Å²) in [6.45, 7) is 5.16. The van der Waals surface area contributed by atoms with Crippen molar-refractivity contribution in [2.75, 3.05) is 51.3 Å². The zero-order valence-corrected chi connectivity index (χ0v) is 16.7. The number of methoxy groups -OCH3 is 1. The minimum atomic E-state index is -0.434. The van der Waals surface area contributed by atoms with Crippen LogP contribution >= 0.6 is 0 Å². The number of benzene rings is 2. The first-order valence-corrected chi connectivity index (χ1v) is 10.4. The largest absolute Gasteiger partial charge is 0.497 e. The van der Waals surface area contributed by atoms with E-state index in [-0.39, 0.29) is 0 Å². The molecule has 0 amide bonds. The van der Waals surface area contributed by atoms with Gasteiger partial charge in [0.1, 0.15) is 30.8 Å². The summed E-state index contributed by atoms with van der Waals surface area (Å²) in [4.78, 5) is 3.84. The molecule has 2 aromatic carbocycles. The average molecular weight is 384 g/mol. The van der Waals surface area contributed by atoms with Gasteiger partial charge >= 0.3 is 0 Å². The SMILES string of the molecule is COc1ccc(N2CC[NH+](C[C@H](O)COc3ccc4c(c3)CCC4)CC2)cc1. The first-order chi connectivity index (χ1) is 13.7. The van der Waals surface area contributed by atoms with Crippen molar-refractivity contribution >= 4 is 5.69 Å². The molecule has 0 bridgehead atoms. The van der Waals surface area contributed by atoms with Gasteiger partial charge in [-0.15, -0.1) is 0 Å². The van der Waals surface area contributed by atoms with Gasteiger partial charge in [-0.25, -0.2) is 0 Å². The maximum absolute atomic E-state index is 10.4. The van der Waals surface area contributed by atoms with E-state index < -0.39 is 6.10 Å². The molecule has 2 aromatic rings. The monoisotopic (exact) mass is 383 g/mol. The molecule has 0 spiro atoms. The minimum Gasteiger partial charge on any atom is -0.497 e. The predicted molar refractivity (Wildman–Crippen MR) is 111 cm³/mol. The predicted octanol–water partition coefficient (Wildman–Crippen LogP) is 1.33. The maximum Gasteiger partial charge on any atom is 0.137 e. The molecule has 4 rings (SSSR count). The number of rotatable bonds is 7. The molecular weight excluding hydrogens is 352 g/mol. The summed E-state index contributed by atoms with van der Waals surface area (Å²) in [5, 5.41) is 10.4. The van der Waals surface area contributed by atoms with Crippen LogP contribution in [0.25, 0.3) is 0 Å². The summed E-state index contributed by atoms with van der Waals surface area (Å²) >= 11 is 0. The lowest BCUT2D eigenvalue weighted by Crippen LogP contribution is -3.16. The average Bonchev–Trinajstić information content (AvgIpc) is 3.21.